The van der Waals surface area contributed by atoms with Gasteiger partial charge in [0.15, 0.2) is 0 Å². The van der Waals surface area contributed by atoms with Gasteiger partial charge in [-0.25, -0.2) is 0 Å². The van der Waals surface area contributed by atoms with Crippen molar-refractivity contribution in [2.24, 2.45) is 17.8 Å². The van der Waals surface area contributed by atoms with Gasteiger partial charge in [0.2, 0.25) is 0 Å². The first-order valence-electron chi connectivity index (χ1n) is 11.6. The Labute approximate surface area is 173 Å². The normalized spacial score (nSPS) is 26.0. The lowest BCUT2D eigenvalue weighted by atomic mass is 9.73. The average molecular weight is 393 g/mol. The van der Waals surface area contributed by atoms with Gasteiger partial charge >= 0.3 is 0 Å². The zero-order valence-electron chi connectivity index (χ0n) is 19.1. The summed E-state index contributed by atoms with van der Waals surface area (Å²) in [6.07, 6.45) is 7.45. The molecule has 0 spiro atoms. The zero-order valence-corrected chi connectivity index (χ0v) is 19.1. The first-order chi connectivity index (χ1) is 13.6. The number of ether oxygens (including phenoxy) is 1. The Kier molecular flexibility index (Phi) is 11.8. The number of hydrogen-bond donors (Lipinski definition) is 2. The molecule has 0 amide bonds. The molecule has 0 radical (unpaired) electrons. The van der Waals surface area contributed by atoms with Crippen LogP contribution < -0.4 is 4.74 Å². The van der Waals surface area contributed by atoms with Gasteiger partial charge in [0.25, 0.3) is 0 Å². The second-order valence-electron chi connectivity index (χ2n) is 7.78. The van der Waals surface area contributed by atoms with Crippen LogP contribution in [0.5, 0.6) is 5.75 Å². The number of unbranched alkanes of at least 4 members (excludes halogenated alkanes) is 2. The summed E-state index contributed by atoms with van der Waals surface area (Å²) in [6, 6.07) is 6.31. The van der Waals surface area contributed by atoms with Crippen molar-refractivity contribution in [2.75, 3.05) is 7.11 Å². The predicted molar refractivity (Wildman–Crippen MR) is 119 cm³/mol. The lowest BCUT2D eigenvalue weighted by Crippen LogP contribution is -2.29. The summed E-state index contributed by atoms with van der Waals surface area (Å²) in [7, 11) is 1.74. The quantitative estimate of drug-likeness (QED) is 0.577. The molecule has 2 N–H and O–H groups in total. The van der Waals surface area contributed by atoms with Crippen molar-refractivity contribution in [3.63, 3.8) is 0 Å². The second-order valence-corrected chi connectivity index (χ2v) is 7.78. The Balaban J connectivity index is 0.000000921. The minimum atomic E-state index is -0.263. The number of benzene rings is 1. The fourth-order valence-electron chi connectivity index (χ4n) is 4.98. The number of fused-ring (bicyclic) bond motifs is 2. The summed E-state index contributed by atoms with van der Waals surface area (Å²) < 4.78 is 5.53. The van der Waals surface area contributed by atoms with Crippen molar-refractivity contribution in [1.82, 2.24) is 0 Å². The molecule has 0 unspecified atom stereocenters. The maximum atomic E-state index is 10.6. The molecule has 0 bridgehead atoms. The monoisotopic (exact) mass is 392 g/mol. The van der Waals surface area contributed by atoms with Crippen LogP contribution in [0.4, 0.5) is 0 Å². The van der Waals surface area contributed by atoms with Gasteiger partial charge in [-0.3, -0.25) is 0 Å². The van der Waals surface area contributed by atoms with Gasteiger partial charge in [-0.1, -0.05) is 66.0 Å². The molecule has 0 saturated heterocycles. The average Bonchev–Trinajstić information content (AvgIpc) is 3.03. The van der Waals surface area contributed by atoms with Crippen molar-refractivity contribution in [3.8, 4) is 5.75 Å². The molecule has 0 heterocycles. The smallest absolute Gasteiger partial charge is 0.122 e. The van der Waals surface area contributed by atoms with E-state index in [1.54, 1.807) is 7.11 Å². The van der Waals surface area contributed by atoms with E-state index in [1.165, 1.54) is 24.0 Å². The van der Waals surface area contributed by atoms with Crippen LogP contribution in [-0.2, 0) is 12.8 Å². The van der Waals surface area contributed by atoms with Gasteiger partial charge in [0.1, 0.15) is 5.75 Å². The van der Waals surface area contributed by atoms with Crippen molar-refractivity contribution >= 4 is 0 Å². The number of aliphatic hydroxyl groups is 2. The first kappa shape index (κ1) is 25.0. The van der Waals surface area contributed by atoms with Crippen molar-refractivity contribution < 1.29 is 14.9 Å². The highest BCUT2D eigenvalue weighted by molar-refractivity contribution is 5.43. The van der Waals surface area contributed by atoms with E-state index in [0.29, 0.717) is 11.8 Å². The molecule has 5 atom stereocenters. The van der Waals surface area contributed by atoms with E-state index in [0.717, 1.165) is 44.3 Å². The summed E-state index contributed by atoms with van der Waals surface area (Å²) in [5.41, 5.74) is 2.70. The molecule has 1 aromatic carbocycles. The fraction of sp³-hybridized carbons (Fsp3) is 0.760. The minimum Gasteiger partial charge on any atom is -0.496 e. The molecule has 1 aromatic rings. The fourth-order valence-corrected chi connectivity index (χ4v) is 4.98. The van der Waals surface area contributed by atoms with Crippen LogP contribution in [0.15, 0.2) is 18.2 Å². The SMILES string of the molecule is CC.CC.CCCCC[C@H](O)C[C@@H]1[C@H]2Cc3cccc(OC)c3C[C@H]2C[C@H]1O. The highest BCUT2D eigenvalue weighted by atomic mass is 16.5. The molecule has 162 valence electrons. The van der Waals surface area contributed by atoms with Crippen LogP contribution in [0.1, 0.15) is 84.3 Å². The number of rotatable bonds is 7. The summed E-state index contributed by atoms with van der Waals surface area (Å²) in [5, 5.41) is 21.0. The van der Waals surface area contributed by atoms with Gasteiger partial charge in [-0.2, -0.15) is 0 Å². The topological polar surface area (TPSA) is 49.7 Å². The van der Waals surface area contributed by atoms with E-state index >= 15 is 0 Å². The van der Waals surface area contributed by atoms with Gasteiger partial charge in [0, 0.05) is 0 Å². The minimum absolute atomic E-state index is 0.242. The van der Waals surface area contributed by atoms with Gasteiger partial charge in [0.05, 0.1) is 19.3 Å². The number of hydrogen-bond acceptors (Lipinski definition) is 3. The van der Waals surface area contributed by atoms with Gasteiger partial charge in [-0.15, -0.1) is 0 Å². The summed E-state index contributed by atoms with van der Waals surface area (Å²) in [4.78, 5) is 0. The van der Waals surface area contributed by atoms with E-state index in [9.17, 15) is 10.2 Å². The maximum absolute atomic E-state index is 10.6. The second kappa shape index (κ2) is 13.2. The highest BCUT2D eigenvalue weighted by Gasteiger charge is 2.45. The van der Waals surface area contributed by atoms with Crippen LogP contribution in [0.3, 0.4) is 0 Å². The molecule has 0 aliphatic heterocycles. The van der Waals surface area contributed by atoms with E-state index in [1.807, 2.05) is 33.8 Å². The maximum Gasteiger partial charge on any atom is 0.122 e. The molecule has 2 aliphatic carbocycles. The molecule has 3 heteroatoms. The van der Waals surface area contributed by atoms with Crippen LogP contribution in [0.2, 0.25) is 0 Å². The first-order valence-corrected chi connectivity index (χ1v) is 11.6. The molecule has 3 rings (SSSR count). The third-order valence-electron chi connectivity index (χ3n) is 6.25. The van der Waals surface area contributed by atoms with Crippen LogP contribution in [0.25, 0.3) is 0 Å². The predicted octanol–water partition coefficient (Wildman–Crippen LogP) is 5.79. The van der Waals surface area contributed by atoms with E-state index in [-0.39, 0.29) is 18.1 Å². The molecule has 1 saturated carbocycles. The van der Waals surface area contributed by atoms with Gasteiger partial charge < -0.3 is 14.9 Å². The summed E-state index contributed by atoms with van der Waals surface area (Å²) in [5.74, 6) is 2.26. The Morgan fingerprint density at radius 1 is 1.11 bits per heavy atom. The summed E-state index contributed by atoms with van der Waals surface area (Å²) in [6.45, 7) is 10.2. The van der Waals surface area contributed by atoms with E-state index < -0.39 is 0 Å². The standard InChI is InChI=1S/C21H32O3.2C2H6/c1-3-4-5-8-16(22)13-19-17-10-14-7-6-9-21(24-2)18(14)11-15(17)12-20(19)23;2*1-2/h6-7,9,15-17,19-20,22-23H,3-5,8,10-13H2,1-2H3;2*1-2H3/t15-,16-,17-,19+,20+;;/m0../s1. The number of methoxy groups -OCH3 is 1. The lowest BCUT2D eigenvalue weighted by Gasteiger charge is -2.33. The van der Waals surface area contributed by atoms with Crippen LogP contribution in [-0.4, -0.2) is 29.5 Å². The van der Waals surface area contributed by atoms with E-state index in [4.69, 9.17) is 4.74 Å². The number of aliphatic hydroxyl groups excluding tert-OH is 2. The molecular weight excluding hydrogens is 348 g/mol. The van der Waals surface area contributed by atoms with Crippen molar-refractivity contribution in [3.05, 3.63) is 29.3 Å². The van der Waals surface area contributed by atoms with Crippen molar-refractivity contribution in [1.29, 1.82) is 0 Å². The largest absolute Gasteiger partial charge is 0.496 e. The van der Waals surface area contributed by atoms with Crippen LogP contribution in [0, 0.1) is 17.8 Å². The van der Waals surface area contributed by atoms with Gasteiger partial charge in [-0.05, 0) is 67.1 Å². The molecule has 2 aliphatic rings. The zero-order chi connectivity index (χ0) is 21.1. The Morgan fingerprint density at radius 3 is 2.46 bits per heavy atom. The van der Waals surface area contributed by atoms with Crippen molar-refractivity contribution in [2.45, 2.75) is 98.2 Å². The molecule has 28 heavy (non-hydrogen) atoms. The Hall–Kier alpha value is -1.06. The Morgan fingerprint density at radius 2 is 1.82 bits per heavy atom. The molecule has 3 nitrogen and oxygen atoms in total. The van der Waals surface area contributed by atoms with E-state index in [2.05, 4.69) is 19.1 Å². The molecular formula is C25H44O3. The lowest BCUT2D eigenvalue weighted by molar-refractivity contribution is 0.0586. The third-order valence-corrected chi connectivity index (χ3v) is 6.25. The highest BCUT2D eigenvalue weighted by Crippen LogP contribution is 2.48. The Bertz CT molecular complexity index is 543. The third kappa shape index (κ3) is 6.22. The van der Waals surface area contributed by atoms with Crippen LogP contribution >= 0.6 is 0 Å². The molecule has 0 aromatic heterocycles. The molecule has 1 fully saturated rings. The summed E-state index contributed by atoms with van der Waals surface area (Å²) >= 11 is 0.